The summed E-state index contributed by atoms with van der Waals surface area (Å²) in [5, 5.41) is 0. The first-order chi connectivity index (χ1) is 8.45. The molecule has 2 rings (SSSR count). The molecule has 1 aromatic rings. The van der Waals surface area contributed by atoms with Crippen LogP contribution in [0.2, 0.25) is 0 Å². The quantitative estimate of drug-likeness (QED) is 0.773. The second-order valence-corrected chi connectivity index (χ2v) is 4.74. The minimum absolute atomic E-state index is 0.0105. The number of nitrogens with zero attached hydrogens (tertiary/aromatic N) is 1. The van der Waals surface area contributed by atoms with Gasteiger partial charge in [0.25, 0.3) is 5.91 Å². The number of ether oxygens (including phenoxy) is 1. The van der Waals surface area contributed by atoms with E-state index in [1.807, 2.05) is 13.8 Å². The lowest BCUT2D eigenvalue weighted by atomic mass is 10.1. The molecule has 0 aliphatic carbocycles. The third-order valence-corrected chi connectivity index (χ3v) is 2.87. The van der Waals surface area contributed by atoms with Crippen LogP contribution in [-0.4, -0.2) is 36.1 Å². The summed E-state index contributed by atoms with van der Waals surface area (Å²) in [6.07, 6.45) is -0.0211. The number of amides is 1. The summed E-state index contributed by atoms with van der Waals surface area (Å²) >= 11 is 0. The molecule has 5 heteroatoms. The number of carbonyl (C=O) groups excluding carboxylic acids is 1. The van der Waals surface area contributed by atoms with Gasteiger partial charge in [-0.2, -0.15) is 0 Å². The smallest absolute Gasteiger partial charge is 0.254 e. The molecule has 0 spiro atoms. The SMILES string of the molecule is C[C@@H]1CN(C(=O)c2cc(N)cc(F)c2)C[C@H](C)O1. The van der Waals surface area contributed by atoms with Gasteiger partial charge in [-0.25, -0.2) is 4.39 Å². The molecule has 0 saturated carbocycles. The highest BCUT2D eigenvalue weighted by Crippen LogP contribution is 2.17. The summed E-state index contributed by atoms with van der Waals surface area (Å²) in [5.74, 6) is -0.698. The molecule has 98 valence electrons. The number of halogens is 1. The van der Waals surface area contributed by atoms with Gasteiger partial charge in [0.15, 0.2) is 0 Å². The Hall–Kier alpha value is -1.62. The van der Waals surface area contributed by atoms with E-state index in [2.05, 4.69) is 0 Å². The number of nitrogens with two attached hydrogens (primary N) is 1. The van der Waals surface area contributed by atoms with Crippen LogP contribution in [0.5, 0.6) is 0 Å². The lowest BCUT2D eigenvalue weighted by molar-refractivity contribution is -0.0586. The zero-order valence-corrected chi connectivity index (χ0v) is 10.5. The number of hydrogen-bond donors (Lipinski definition) is 1. The van der Waals surface area contributed by atoms with Crippen LogP contribution >= 0.6 is 0 Å². The maximum atomic E-state index is 13.2. The second-order valence-electron chi connectivity index (χ2n) is 4.74. The van der Waals surface area contributed by atoms with Crippen LogP contribution in [0, 0.1) is 5.82 Å². The van der Waals surface area contributed by atoms with Crippen molar-refractivity contribution in [1.82, 2.24) is 4.90 Å². The molecule has 1 saturated heterocycles. The van der Waals surface area contributed by atoms with Crippen LogP contribution in [0.15, 0.2) is 18.2 Å². The molecule has 2 N–H and O–H groups in total. The van der Waals surface area contributed by atoms with E-state index in [0.717, 1.165) is 0 Å². The second kappa shape index (κ2) is 4.94. The highest BCUT2D eigenvalue weighted by molar-refractivity contribution is 5.95. The standard InChI is InChI=1S/C13H17FN2O2/c1-8-6-16(7-9(2)18-8)13(17)10-3-11(14)5-12(15)4-10/h3-5,8-9H,6-7,15H2,1-2H3/t8-,9+. The van der Waals surface area contributed by atoms with Gasteiger partial charge in [-0.05, 0) is 32.0 Å². The van der Waals surface area contributed by atoms with Gasteiger partial charge < -0.3 is 15.4 Å². The van der Waals surface area contributed by atoms with Crippen LogP contribution in [-0.2, 0) is 4.74 Å². The Morgan fingerprint density at radius 3 is 2.50 bits per heavy atom. The predicted molar refractivity (Wildman–Crippen MR) is 66.7 cm³/mol. The van der Waals surface area contributed by atoms with Crippen LogP contribution < -0.4 is 5.73 Å². The fourth-order valence-corrected chi connectivity index (χ4v) is 2.26. The van der Waals surface area contributed by atoms with Gasteiger partial charge in [-0.1, -0.05) is 0 Å². The van der Waals surface area contributed by atoms with E-state index in [1.54, 1.807) is 4.90 Å². The first-order valence-electron chi connectivity index (χ1n) is 5.96. The lowest BCUT2D eigenvalue weighted by Gasteiger charge is -2.35. The molecule has 0 aromatic heterocycles. The van der Waals surface area contributed by atoms with Crippen molar-refractivity contribution in [3.8, 4) is 0 Å². The monoisotopic (exact) mass is 252 g/mol. The molecule has 4 nitrogen and oxygen atoms in total. The number of anilines is 1. The largest absolute Gasteiger partial charge is 0.399 e. The maximum Gasteiger partial charge on any atom is 0.254 e. The van der Waals surface area contributed by atoms with Gasteiger partial charge in [0.1, 0.15) is 5.82 Å². The molecule has 0 unspecified atom stereocenters. The highest BCUT2D eigenvalue weighted by Gasteiger charge is 2.26. The van der Waals surface area contributed by atoms with Gasteiger partial charge in [0, 0.05) is 24.3 Å². The molecule has 0 bridgehead atoms. The van der Waals surface area contributed by atoms with E-state index in [0.29, 0.717) is 13.1 Å². The van der Waals surface area contributed by atoms with E-state index >= 15 is 0 Å². The topological polar surface area (TPSA) is 55.6 Å². The summed E-state index contributed by atoms with van der Waals surface area (Å²) in [5.41, 5.74) is 6.09. The molecule has 1 amide bonds. The highest BCUT2D eigenvalue weighted by atomic mass is 19.1. The first kappa shape index (κ1) is 12.8. The summed E-state index contributed by atoms with van der Waals surface area (Å²) in [6, 6.07) is 3.90. The number of rotatable bonds is 1. The predicted octanol–water partition coefficient (Wildman–Crippen LogP) is 1.66. The molecule has 1 fully saturated rings. The summed E-state index contributed by atoms with van der Waals surface area (Å²) in [6.45, 7) is 4.85. The molecule has 1 heterocycles. The van der Waals surface area contributed by atoms with Crippen molar-refractivity contribution >= 4 is 11.6 Å². The van der Waals surface area contributed by atoms with Gasteiger partial charge in [-0.15, -0.1) is 0 Å². The average molecular weight is 252 g/mol. The average Bonchev–Trinajstić information content (AvgIpc) is 2.25. The molecular formula is C13H17FN2O2. The number of nitrogen functional groups attached to an aromatic ring is 1. The zero-order chi connectivity index (χ0) is 13.3. The van der Waals surface area contributed by atoms with Crippen molar-refractivity contribution in [2.45, 2.75) is 26.1 Å². The lowest BCUT2D eigenvalue weighted by Crippen LogP contribution is -2.48. The van der Waals surface area contributed by atoms with Crippen molar-refractivity contribution in [3.63, 3.8) is 0 Å². The van der Waals surface area contributed by atoms with Crippen molar-refractivity contribution in [2.24, 2.45) is 0 Å². The Morgan fingerprint density at radius 2 is 1.94 bits per heavy atom. The number of benzene rings is 1. The Balaban J connectivity index is 2.20. The van der Waals surface area contributed by atoms with Crippen molar-refractivity contribution in [1.29, 1.82) is 0 Å². The molecule has 0 radical (unpaired) electrons. The van der Waals surface area contributed by atoms with Crippen LogP contribution in [0.25, 0.3) is 0 Å². The molecular weight excluding hydrogens is 235 g/mol. The van der Waals surface area contributed by atoms with E-state index in [1.165, 1.54) is 18.2 Å². The fourth-order valence-electron chi connectivity index (χ4n) is 2.26. The molecule has 1 aromatic carbocycles. The van der Waals surface area contributed by atoms with E-state index < -0.39 is 5.82 Å². The molecule has 1 aliphatic rings. The number of hydrogen-bond acceptors (Lipinski definition) is 3. The third-order valence-electron chi connectivity index (χ3n) is 2.87. The Kier molecular flexibility index (Phi) is 3.52. The van der Waals surface area contributed by atoms with Gasteiger partial charge in [-0.3, -0.25) is 4.79 Å². The fraction of sp³-hybridized carbons (Fsp3) is 0.462. The molecule has 2 atom stereocenters. The Morgan fingerprint density at radius 1 is 1.33 bits per heavy atom. The third kappa shape index (κ3) is 2.79. The van der Waals surface area contributed by atoms with Crippen LogP contribution in [0.4, 0.5) is 10.1 Å². The summed E-state index contributed by atoms with van der Waals surface area (Å²) < 4.78 is 18.8. The number of carbonyl (C=O) groups is 1. The van der Waals surface area contributed by atoms with Gasteiger partial charge in [0.05, 0.1) is 12.2 Å². The van der Waals surface area contributed by atoms with E-state index in [4.69, 9.17) is 10.5 Å². The van der Waals surface area contributed by atoms with Crippen molar-refractivity contribution in [3.05, 3.63) is 29.6 Å². The van der Waals surface area contributed by atoms with Crippen molar-refractivity contribution in [2.75, 3.05) is 18.8 Å². The van der Waals surface area contributed by atoms with Gasteiger partial charge >= 0.3 is 0 Å². The molecule has 18 heavy (non-hydrogen) atoms. The number of morpholine rings is 1. The van der Waals surface area contributed by atoms with E-state index in [9.17, 15) is 9.18 Å². The van der Waals surface area contributed by atoms with E-state index in [-0.39, 0.29) is 29.4 Å². The zero-order valence-electron chi connectivity index (χ0n) is 10.5. The maximum absolute atomic E-state index is 13.2. The van der Waals surface area contributed by atoms with Crippen molar-refractivity contribution < 1.29 is 13.9 Å². The Labute approximate surface area is 106 Å². The Bertz CT molecular complexity index is 434. The van der Waals surface area contributed by atoms with Crippen LogP contribution in [0.1, 0.15) is 24.2 Å². The minimum atomic E-state index is -0.493. The minimum Gasteiger partial charge on any atom is -0.399 e. The molecule has 1 aliphatic heterocycles. The first-order valence-corrected chi connectivity index (χ1v) is 5.96. The van der Waals surface area contributed by atoms with Gasteiger partial charge in [0.2, 0.25) is 0 Å². The summed E-state index contributed by atoms with van der Waals surface area (Å²) in [7, 11) is 0. The summed E-state index contributed by atoms with van der Waals surface area (Å²) in [4.78, 5) is 13.9. The normalized spacial score (nSPS) is 24.1. The van der Waals surface area contributed by atoms with Crippen LogP contribution in [0.3, 0.4) is 0 Å².